The van der Waals surface area contributed by atoms with Crippen LogP contribution < -0.4 is 0 Å². The van der Waals surface area contributed by atoms with Crippen LogP contribution in [0.4, 0.5) is 0 Å². The van der Waals surface area contributed by atoms with Gasteiger partial charge in [-0.25, -0.2) is 8.42 Å². The van der Waals surface area contributed by atoms with Crippen molar-refractivity contribution in [1.82, 2.24) is 19.7 Å². The molecule has 1 aliphatic rings. The van der Waals surface area contributed by atoms with Crippen molar-refractivity contribution in [3.8, 4) is 0 Å². The number of rotatable bonds is 7. The van der Waals surface area contributed by atoms with E-state index < -0.39 is 9.84 Å². The maximum absolute atomic E-state index is 12.9. The lowest BCUT2D eigenvalue weighted by atomic mass is 10.1. The minimum absolute atomic E-state index is 0.0457. The fourth-order valence-electron chi connectivity index (χ4n) is 3.40. The highest BCUT2D eigenvalue weighted by atomic mass is 32.2. The number of carbonyl (C=O) groups excluding carboxylic acids is 1. The smallest absolute Gasteiger partial charge is 0.236 e. The Kier molecular flexibility index (Phi) is 6.44. The topological polar surface area (TPSA) is 85.2 Å². The van der Waals surface area contributed by atoms with E-state index in [2.05, 4.69) is 10.2 Å². The van der Waals surface area contributed by atoms with Crippen molar-refractivity contribution < 1.29 is 13.2 Å². The van der Waals surface area contributed by atoms with Crippen LogP contribution in [-0.2, 0) is 28.2 Å². The van der Waals surface area contributed by atoms with Crippen LogP contribution in [0.5, 0.6) is 0 Å². The van der Waals surface area contributed by atoms with Gasteiger partial charge in [-0.3, -0.25) is 4.79 Å². The summed E-state index contributed by atoms with van der Waals surface area (Å²) in [5.41, 5.74) is 1.10. The molecule has 1 saturated heterocycles. The fourth-order valence-corrected chi connectivity index (χ4v) is 6.04. The molecule has 152 valence electrons. The number of sulfone groups is 1. The Morgan fingerprint density at radius 3 is 2.64 bits per heavy atom. The Balaban J connectivity index is 1.67. The molecule has 1 aromatic carbocycles. The van der Waals surface area contributed by atoms with Crippen LogP contribution in [0.25, 0.3) is 0 Å². The summed E-state index contributed by atoms with van der Waals surface area (Å²) in [6, 6.07) is 9.92. The second-order valence-electron chi connectivity index (χ2n) is 7.10. The molecule has 1 aromatic heterocycles. The van der Waals surface area contributed by atoms with Crippen LogP contribution >= 0.6 is 11.8 Å². The number of thioether (sulfide) groups is 1. The van der Waals surface area contributed by atoms with Gasteiger partial charge >= 0.3 is 0 Å². The van der Waals surface area contributed by atoms with E-state index in [9.17, 15) is 13.2 Å². The predicted molar refractivity (Wildman–Crippen MR) is 110 cm³/mol. The van der Waals surface area contributed by atoms with Crippen LogP contribution in [0.15, 0.2) is 35.5 Å². The van der Waals surface area contributed by atoms with Gasteiger partial charge in [-0.2, -0.15) is 0 Å². The summed E-state index contributed by atoms with van der Waals surface area (Å²) in [6.45, 7) is 5.04. The quantitative estimate of drug-likeness (QED) is 0.636. The van der Waals surface area contributed by atoms with Crippen LogP contribution in [0, 0.1) is 0 Å². The zero-order valence-electron chi connectivity index (χ0n) is 16.4. The molecule has 0 unspecified atom stereocenters. The van der Waals surface area contributed by atoms with Crippen LogP contribution in [0.1, 0.15) is 37.6 Å². The summed E-state index contributed by atoms with van der Waals surface area (Å²) in [5, 5.41) is 8.74. The van der Waals surface area contributed by atoms with E-state index in [1.807, 2.05) is 60.7 Å². The third-order valence-electron chi connectivity index (χ3n) is 5.01. The van der Waals surface area contributed by atoms with Gasteiger partial charge in [-0.1, -0.05) is 42.1 Å². The van der Waals surface area contributed by atoms with E-state index in [1.165, 1.54) is 11.8 Å². The van der Waals surface area contributed by atoms with Gasteiger partial charge in [0.15, 0.2) is 15.0 Å². The third kappa shape index (κ3) is 4.75. The minimum atomic E-state index is -2.98. The summed E-state index contributed by atoms with van der Waals surface area (Å²) >= 11 is 1.36. The molecule has 0 radical (unpaired) electrons. The molecule has 9 heteroatoms. The maximum Gasteiger partial charge on any atom is 0.236 e. The molecule has 1 amide bonds. The van der Waals surface area contributed by atoms with Crippen molar-refractivity contribution in [3.63, 3.8) is 0 Å². The molecular weight excluding hydrogens is 396 g/mol. The molecule has 7 nitrogen and oxygen atoms in total. The Bertz CT molecular complexity index is 928. The maximum atomic E-state index is 12.9. The molecule has 3 rings (SSSR count). The van der Waals surface area contributed by atoms with Gasteiger partial charge < -0.3 is 9.47 Å². The van der Waals surface area contributed by atoms with E-state index in [-0.39, 0.29) is 28.6 Å². The lowest BCUT2D eigenvalue weighted by Gasteiger charge is -2.24. The van der Waals surface area contributed by atoms with Gasteiger partial charge in [0.25, 0.3) is 0 Å². The Morgan fingerprint density at radius 1 is 1.32 bits per heavy atom. The average Bonchev–Trinajstić information content (AvgIpc) is 3.22. The monoisotopic (exact) mass is 422 g/mol. The largest absolute Gasteiger partial charge is 0.338 e. The van der Waals surface area contributed by atoms with Crippen molar-refractivity contribution in [2.75, 3.05) is 18.1 Å². The first kappa shape index (κ1) is 20.9. The second-order valence-corrected chi connectivity index (χ2v) is 10.6. The highest BCUT2D eigenvalue weighted by Crippen LogP contribution is 2.30. The zero-order valence-corrected chi connectivity index (χ0v) is 18.0. The fraction of sp³-hybridized carbons (Fsp3) is 0.526. The number of carbonyl (C=O) groups is 1. The highest BCUT2D eigenvalue weighted by molar-refractivity contribution is 8.00. The predicted octanol–water partition coefficient (Wildman–Crippen LogP) is 2.25. The number of benzene rings is 1. The van der Waals surface area contributed by atoms with E-state index in [4.69, 9.17) is 0 Å². The summed E-state index contributed by atoms with van der Waals surface area (Å²) in [6.07, 6.45) is 0.578. The molecule has 0 saturated carbocycles. The van der Waals surface area contributed by atoms with Crippen molar-refractivity contribution in [2.24, 2.45) is 7.05 Å². The third-order valence-corrected chi connectivity index (χ3v) is 7.90. The number of nitrogens with zero attached hydrogens (tertiary/aromatic N) is 4. The lowest BCUT2D eigenvalue weighted by Crippen LogP contribution is -2.36. The van der Waals surface area contributed by atoms with Gasteiger partial charge in [-0.15, -0.1) is 10.2 Å². The number of aromatic nitrogens is 3. The second kappa shape index (κ2) is 8.65. The van der Waals surface area contributed by atoms with Gasteiger partial charge in [0.1, 0.15) is 5.82 Å². The molecule has 28 heavy (non-hydrogen) atoms. The van der Waals surface area contributed by atoms with Crippen LogP contribution in [0.2, 0.25) is 0 Å². The van der Waals surface area contributed by atoms with Gasteiger partial charge in [-0.05, 0) is 25.8 Å². The number of hydrogen-bond acceptors (Lipinski definition) is 6. The summed E-state index contributed by atoms with van der Waals surface area (Å²) in [7, 11) is -1.15. The molecule has 0 aliphatic carbocycles. The SMILES string of the molecule is CCN(Cc1ccccc1)C(=O)[C@H](C)Sc1nnc([C@H]2CCS(=O)(=O)C2)n1C. The van der Waals surface area contributed by atoms with E-state index in [0.29, 0.717) is 30.5 Å². The molecule has 2 aromatic rings. The van der Waals surface area contributed by atoms with Crippen molar-refractivity contribution in [1.29, 1.82) is 0 Å². The van der Waals surface area contributed by atoms with Crippen LogP contribution in [-0.4, -0.2) is 57.3 Å². The molecule has 0 bridgehead atoms. The molecule has 1 fully saturated rings. The number of amides is 1. The van der Waals surface area contributed by atoms with Crippen molar-refractivity contribution in [2.45, 2.75) is 43.1 Å². The Morgan fingerprint density at radius 2 is 2.04 bits per heavy atom. The van der Waals surface area contributed by atoms with Crippen LogP contribution in [0.3, 0.4) is 0 Å². The molecule has 0 N–H and O–H groups in total. The molecule has 0 spiro atoms. The molecule has 1 aliphatic heterocycles. The Labute approximate surface area is 170 Å². The molecular formula is C19H26N4O3S2. The van der Waals surface area contributed by atoms with Gasteiger partial charge in [0.05, 0.1) is 16.8 Å². The van der Waals surface area contributed by atoms with E-state index >= 15 is 0 Å². The highest BCUT2D eigenvalue weighted by Gasteiger charge is 2.33. The summed E-state index contributed by atoms with van der Waals surface area (Å²) < 4.78 is 25.3. The molecule has 2 atom stereocenters. The lowest BCUT2D eigenvalue weighted by molar-refractivity contribution is -0.130. The minimum Gasteiger partial charge on any atom is -0.338 e. The first-order valence-corrected chi connectivity index (χ1v) is 12.1. The zero-order chi connectivity index (χ0) is 20.3. The van der Waals surface area contributed by atoms with E-state index in [0.717, 1.165) is 5.56 Å². The Hall–Kier alpha value is -1.87. The van der Waals surface area contributed by atoms with Gasteiger partial charge in [0.2, 0.25) is 5.91 Å². The normalized spacial score (nSPS) is 19.5. The standard InChI is InChI=1S/C19H26N4O3S2/c1-4-23(12-15-8-6-5-7-9-15)18(24)14(2)27-19-21-20-17(22(19)3)16-10-11-28(25,26)13-16/h5-9,14,16H,4,10-13H2,1-3H3/t14-,16-/m0/s1. The number of hydrogen-bond donors (Lipinski definition) is 0. The summed E-state index contributed by atoms with van der Waals surface area (Å²) in [5.74, 6) is 0.934. The summed E-state index contributed by atoms with van der Waals surface area (Å²) in [4.78, 5) is 14.7. The van der Waals surface area contributed by atoms with Gasteiger partial charge in [0, 0.05) is 26.1 Å². The van der Waals surface area contributed by atoms with Crippen molar-refractivity contribution in [3.05, 3.63) is 41.7 Å². The van der Waals surface area contributed by atoms with Crippen molar-refractivity contribution >= 4 is 27.5 Å². The first-order valence-electron chi connectivity index (χ1n) is 9.39. The van der Waals surface area contributed by atoms with E-state index in [1.54, 1.807) is 0 Å². The average molecular weight is 423 g/mol. The first-order chi connectivity index (χ1) is 13.3. The molecule has 2 heterocycles.